The summed E-state index contributed by atoms with van der Waals surface area (Å²) in [5.74, 6) is 0. The van der Waals surface area contributed by atoms with E-state index < -0.39 is 5.60 Å². The van der Waals surface area contributed by atoms with Crippen molar-refractivity contribution in [3.05, 3.63) is 30.1 Å². The van der Waals surface area contributed by atoms with Crippen LogP contribution in [-0.4, -0.2) is 39.7 Å². The average Bonchev–Trinajstić information content (AvgIpc) is 2.61. The molecule has 1 atom stereocenters. The van der Waals surface area contributed by atoms with E-state index >= 15 is 0 Å². The van der Waals surface area contributed by atoms with Gasteiger partial charge in [-0.2, -0.15) is 0 Å². The molecular formula is C13H19N3O. The molecule has 0 saturated carbocycles. The summed E-state index contributed by atoms with van der Waals surface area (Å²) in [6.45, 7) is 3.66. The molecule has 0 spiro atoms. The van der Waals surface area contributed by atoms with E-state index in [2.05, 4.69) is 9.97 Å². The van der Waals surface area contributed by atoms with Gasteiger partial charge in [0.2, 0.25) is 0 Å². The maximum Gasteiger partial charge on any atom is 0.0931 e. The van der Waals surface area contributed by atoms with Crippen LogP contribution < -0.4 is 0 Å². The Hall–Kier alpha value is -1.39. The molecule has 0 saturated heterocycles. The van der Waals surface area contributed by atoms with Gasteiger partial charge in [0.1, 0.15) is 0 Å². The number of aromatic nitrogens is 2. The van der Waals surface area contributed by atoms with Crippen molar-refractivity contribution >= 4 is 11.0 Å². The van der Waals surface area contributed by atoms with Crippen molar-refractivity contribution in [2.75, 3.05) is 14.1 Å². The van der Waals surface area contributed by atoms with Crippen LogP contribution in [0.1, 0.15) is 25.5 Å². The van der Waals surface area contributed by atoms with Gasteiger partial charge in [-0.05, 0) is 45.6 Å². The lowest BCUT2D eigenvalue weighted by Gasteiger charge is -2.35. The van der Waals surface area contributed by atoms with E-state index in [4.69, 9.17) is 0 Å². The third kappa shape index (κ3) is 2.33. The largest absolute Gasteiger partial charge is 0.388 e. The minimum atomic E-state index is -0.794. The minimum absolute atomic E-state index is 0.0461. The van der Waals surface area contributed by atoms with Gasteiger partial charge in [0.25, 0.3) is 0 Å². The van der Waals surface area contributed by atoms with Crippen LogP contribution >= 0.6 is 0 Å². The van der Waals surface area contributed by atoms with E-state index in [1.165, 1.54) is 0 Å². The van der Waals surface area contributed by atoms with Crippen molar-refractivity contribution in [3.63, 3.8) is 0 Å². The molecular weight excluding hydrogens is 214 g/mol. The molecule has 1 aromatic heterocycles. The molecule has 0 aliphatic rings. The lowest BCUT2D eigenvalue weighted by Crippen LogP contribution is -2.38. The number of rotatable bonds is 3. The number of H-pyrrole nitrogens is 1. The number of aromatic amines is 1. The Morgan fingerprint density at radius 2 is 2.06 bits per heavy atom. The van der Waals surface area contributed by atoms with E-state index in [0.717, 1.165) is 16.6 Å². The highest BCUT2D eigenvalue weighted by Gasteiger charge is 2.30. The van der Waals surface area contributed by atoms with Crippen LogP contribution in [0.4, 0.5) is 0 Å². The molecule has 1 heterocycles. The number of likely N-dealkylation sites (N-methyl/N-ethyl adjacent to an activating group) is 1. The van der Waals surface area contributed by atoms with Crippen LogP contribution in [0.5, 0.6) is 0 Å². The number of fused-ring (bicyclic) bond motifs is 1. The van der Waals surface area contributed by atoms with Gasteiger partial charge < -0.3 is 10.1 Å². The standard InChI is InChI=1S/C13H19N3O/c1-13(2,17)12(16(3)4)9-5-6-10-11(7-9)15-8-14-10/h5-8,12,17H,1-4H3,(H,14,15). The van der Waals surface area contributed by atoms with Crippen LogP contribution in [0.3, 0.4) is 0 Å². The zero-order chi connectivity index (χ0) is 12.6. The first-order valence-electron chi connectivity index (χ1n) is 5.71. The van der Waals surface area contributed by atoms with E-state index in [1.54, 1.807) is 6.33 Å². The molecule has 4 nitrogen and oxygen atoms in total. The van der Waals surface area contributed by atoms with Crippen molar-refractivity contribution in [2.45, 2.75) is 25.5 Å². The van der Waals surface area contributed by atoms with Crippen molar-refractivity contribution in [1.82, 2.24) is 14.9 Å². The summed E-state index contributed by atoms with van der Waals surface area (Å²) in [5.41, 5.74) is 2.23. The molecule has 0 bridgehead atoms. The molecule has 1 aromatic carbocycles. The van der Waals surface area contributed by atoms with E-state index in [-0.39, 0.29) is 6.04 Å². The number of benzene rings is 1. The maximum absolute atomic E-state index is 10.3. The molecule has 0 aliphatic heterocycles. The predicted octanol–water partition coefficient (Wildman–Crippen LogP) is 1.94. The fourth-order valence-corrected chi connectivity index (χ4v) is 2.46. The number of nitrogens with zero attached hydrogens (tertiary/aromatic N) is 2. The fraction of sp³-hybridized carbons (Fsp3) is 0.462. The number of nitrogens with one attached hydrogen (secondary N) is 1. The van der Waals surface area contributed by atoms with E-state index in [0.29, 0.717) is 0 Å². The molecule has 2 N–H and O–H groups in total. The van der Waals surface area contributed by atoms with Crippen molar-refractivity contribution < 1.29 is 5.11 Å². The average molecular weight is 233 g/mol. The summed E-state index contributed by atoms with van der Waals surface area (Å²) >= 11 is 0. The molecule has 0 aliphatic carbocycles. The summed E-state index contributed by atoms with van der Waals surface area (Å²) in [4.78, 5) is 9.31. The Kier molecular flexibility index (Phi) is 2.93. The van der Waals surface area contributed by atoms with E-state index in [9.17, 15) is 5.11 Å². The predicted molar refractivity (Wildman–Crippen MR) is 68.8 cm³/mol. The quantitative estimate of drug-likeness (QED) is 0.851. The Morgan fingerprint density at radius 3 is 2.65 bits per heavy atom. The van der Waals surface area contributed by atoms with Gasteiger partial charge in [-0.3, -0.25) is 4.90 Å². The van der Waals surface area contributed by atoms with Gasteiger partial charge in [0, 0.05) is 0 Å². The van der Waals surface area contributed by atoms with Gasteiger partial charge in [-0.25, -0.2) is 4.98 Å². The highest BCUT2D eigenvalue weighted by molar-refractivity contribution is 5.75. The zero-order valence-corrected chi connectivity index (χ0v) is 10.7. The smallest absolute Gasteiger partial charge is 0.0931 e. The summed E-state index contributed by atoms with van der Waals surface area (Å²) in [5, 5.41) is 10.3. The van der Waals surface area contributed by atoms with Crippen LogP contribution in [0.2, 0.25) is 0 Å². The molecule has 1 unspecified atom stereocenters. The molecule has 4 heteroatoms. The van der Waals surface area contributed by atoms with Gasteiger partial charge in [-0.15, -0.1) is 0 Å². The first kappa shape index (κ1) is 12.1. The fourth-order valence-electron chi connectivity index (χ4n) is 2.46. The van der Waals surface area contributed by atoms with Crippen LogP contribution in [0.25, 0.3) is 11.0 Å². The molecule has 0 amide bonds. The maximum atomic E-state index is 10.3. The molecule has 0 radical (unpaired) electrons. The number of hydrogen-bond donors (Lipinski definition) is 2. The molecule has 0 fully saturated rings. The second-order valence-corrected chi connectivity index (χ2v) is 5.20. The summed E-state index contributed by atoms with van der Waals surface area (Å²) in [6.07, 6.45) is 1.68. The Bertz CT molecular complexity index is 511. The molecule has 17 heavy (non-hydrogen) atoms. The summed E-state index contributed by atoms with van der Waals surface area (Å²) < 4.78 is 0. The lowest BCUT2D eigenvalue weighted by atomic mass is 9.91. The first-order chi connectivity index (χ1) is 7.89. The van der Waals surface area contributed by atoms with Crippen LogP contribution in [0, 0.1) is 0 Å². The van der Waals surface area contributed by atoms with Crippen molar-refractivity contribution in [3.8, 4) is 0 Å². The summed E-state index contributed by atoms with van der Waals surface area (Å²) in [6, 6.07) is 6.00. The van der Waals surface area contributed by atoms with Crippen molar-refractivity contribution in [1.29, 1.82) is 0 Å². The lowest BCUT2D eigenvalue weighted by molar-refractivity contribution is -0.00309. The SMILES string of the molecule is CN(C)C(c1ccc2nc[nH]c2c1)C(C)(C)O. The Balaban J connectivity index is 2.48. The van der Waals surface area contributed by atoms with Crippen molar-refractivity contribution in [2.24, 2.45) is 0 Å². The Labute approximate surface area is 101 Å². The van der Waals surface area contributed by atoms with E-state index in [1.807, 2.05) is 51.0 Å². The third-order valence-corrected chi connectivity index (χ3v) is 2.95. The topological polar surface area (TPSA) is 52.2 Å². The van der Waals surface area contributed by atoms with Gasteiger partial charge >= 0.3 is 0 Å². The van der Waals surface area contributed by atoms with Gasteiger partial charge in [-0.1, -0.05) is 6.07 Å². The molecule has 92 valence electrons. The van der Waals surface area contributed by atoms with Gasteiger partial charge in [0.15, 0.2) is 0 Å². The minimum Gasteiger partial charge on any atom is -0.388 e. The van der Waals surface area contributed by atoms with Crippen LogP contribution in [0.15, 0.2) is 24.5 Å². The number of hydrogen-bond acceptors (Lipinski definition) is 3. The monoisotopic (exact) mass is 233 g/mol. The van der Waals surface area contributed by atoms with Gasteiger partial charge in [0.05, 0.1) is 29.0 Å². The number of aliphatic hydroxyl groups is 1. The normalized spacial score (nSPS) is 14.5. The highest BCUT2D eigenvalue weighted by atomic mass is 16.3. The molecule has 2 aromatic rings. The molecule has 2 rings (SSSR count). The third-order valence-electron chi connectivity index (χ3n) is 2.95. The first-order valence-corrected chi connectivity index (χ1v) is 5.71. The highest BCUT2D eigenvalue weighted by Crippen LogP contribution is 2.31. The van der Waals surface area contributed by atoms with Crippen LogP contribution in [-0.2, 0) is 0 Å². The second-order valence-electron chi connectivity index (χ2n) is 5.20. The second kappa shape index (κ2) is 4.13. The summed E-state index contributed by atoms with van der Waals surface area (Å²) in [7, 11) is 3.94. The zero-order valence-electron chi connectivity index (χ0n) is 10.7. The Morgan fingerprint density at radius 1 is 1.35 bits per heavy atom. The number of imidazole rings is 1.